The normalized spacial score (nSPS) is 12.0. The van der Waals surface area contributed by atoms with E-state index in [-0.39, 0.29) is 23.0 Å². The summed E-state index contributed by atoms with van der Waals surface area (Å²) in [7, 11) is -1.30. The van der Waals surface area contributed by atoms with E-state index in [4.69, 9.17) is 9.52 Å². The van der Waals surface area contributed by atoms with Crippen LogP contribution in [-0.2, 0) is 22.3 Å². The third kappa shape index (κ3) is 3.99. The van der Waals surface area contributed by atoms with Gasteiger partial charge in [0.25, 0.3) is 5.69 Å². The Labute approximate surface area is 121 Å². The second-order valence-corrected chi connectivity index (χ2v) is 5.68. The van der Waals surface area contributed by atoms with Crippen molar-refractivity contribution >= 4 is 22.5 Å². The molecule has 1 aromatic heterocycles. The number of carbonyl (C=O) groups is 1. The molecule has 7 nitrogen and oxygen atoms in total. The average Bonchev–Trinajstić information content (AvgIpc) is 2.87. The molecule has 21 heavy (non-hydrogen) atoms. The predicted octanol–water partition coefficient (Wildman–Crippen LogP) is 2.33. The molecule has 0 fully saturated rings. The van der Waals surface area contributed by atoms with Crippen LogP contribution in [-0.4, -0.2) is 20.2 Å². The Bertz CT molecular complexity index is 691. The fourth-order valence-corrected chi connectivity index (χ4v) is 2.82. The minimum Gasteiger partial charge on any atom is -0.475 e. The molecule has 0 radical (unpaired) electrons. The number of carboxylic acids is 1. The zero-order valence-electron chi connectivity index (χ0n) is 10.7. The lowest BCUT2D eigenvalue weighted by molar-refractivity contribution is -0.384. The molecule has 1 heterocycles. The van der Waals surface area contributed by atoms with Crippen molar-refractivity contribution in [1.29, 1.82) is 0 Å². The van der Waals surface area contributed by atoms with Crippen LogP contribution in [0.15, 0.2) is 40.8 Å². The summed E-state index contributed by atoms with van der Waals surface area (Å²) in [5.41, 5.74) is 0.672. The lowest BCUT2D eigenvalue weighted by Gasteiger charge is -2.01. The molecule has 110 valence electrons. The SMILES string of the molecule is O=C(O)c1ccc(CS(=O)Cc2ccc([N+](=O)[O-])cc2)o1. The topological polar surface area (TPSA) is 111 Å². The van der Waals surface area contributed by atoms with Crippen LogP contribution in [0, 0.1) is 10.1 Å². The minimum absolute atomic E-state index is 0.0262. The molecule has 0 aliphatic heterocycles. The predicted molar refractivity (Wildman–Crippen MR) is 74.3 cm³/mol. The average molecular weight is 309 g/mol. The van der Waals surface area contributed by atoms with E-state index in [0.29, 0.717) is 11.3 Å². The second-order valence-electron chi connectivity index (χ2n) is 4.22. The monoisotopic (exact) mass is 309 g/mol. The van der Waals surface area contributed by atoms with Gasteiger partial charge in [0.15, 0.2) is 0 Å². The minimum atomic E-state index is -1.30. The van der Waals surface area contributed by atoms with Crippen LogP contribution in [0.5, 0.6) is 0 Å². The highest BCUT2D eigenvalue weighted by atomic mass is 32.2. The quantitative estimate of drug-likeness (QED) is 0.647. The van der Waals surface area contributed by atoms with Crippen LogP contribution in [0.3, 0.4) is 0 Å². The summed E-state index contributed by atoms with van der Waals surface area (Å²) < 4.78 is 17.0. The highest BCUT2D eigenvalue weighted by Crippen LogP contribution is 2.15. The maximum atomic E-state index is 11.9. The van der Waals surface area contributed by atoms with E-state index in [0.717, 1.165) is 0 Å². The first kappa shape index (κ1) is 14.9. The number of nitro benzene ring substituents is 1. The summed E-state index contributed by atoms with van der Waals surface area (Å²) in [6.45, 7) is 0. The second kappa shape index (κ2) is 6.31. The molecule has 1 aromatic carbocycles. The van der Waals surface area contributed by atoms with Crippen LogP contribution in [0.4, 0.5) is 5.69 Å². The maximum absolute atomic E-state index is 11.9. The van der Waals surface area contributed by atoms with Crippen molar-refractivity contribution < 1.29 is 23.5 Å². The number of hydrogen-bond donors (Lipinski definition) is 1. The smallest absolute Gasteiger partial charge is 0.371 e. The van der Waals surface area contributed by atoms with Gasteiger partial charge in [-0.1, -0.05) is 12.1 Å². The molecule has 1 atom stereocenters. The van der Waals surface area contributed by atoms with Crippen LogP contribution < -0.4 is 0 Å². The van der Waals surface area contributed by atoms with Gasteiger partial charge in [-0.05, 0) is 17.7 Å². The lowest BCUT2D eigenvalue weighted by atomic mass is 10.2. The molecule has 1 unspecified atom stereocenters. The number of nitrogens with zero attached hydrogens (tertiary/aromatic N) is 1. The molecule has 0 bridgehead atoms. The van der Waals surface area contributed by atoms with Gasteiger partial charge >= 0.3 is 5.97 Å². The van der Waals surface area contributed by atoms with Gasteiger partial charge in [-0.3, -0.25) is 14.3 Å². The summed E-state index contributed by atoms with van der Waals surface area (Å²) in [4.78, 5) is 20.7. The summed E-state index contributed by atoms with van der Waals surface area (Å²) in [6.07, 6.45) is 0. The maximum Gasteiger partial charge on any atom is 0.371 e. The molecular weight excluding hydrogens is 298 g/mol. The number of furan rings is 1. The summed E-state index contributed by atoms with van der Waals surface area (Å²) >= 11 is 0. The number of aromatic carboxylic acids is 1. The van der Waals surface area contributed by atoms with E-state index in [9.17, 15) is 19.1 Å². The molecule has 0 saturated carbocycles. The molecule has 2 rings (SSSR count). The third-order valence-corrected chi connectivity index (χ3v) is 3.91. The zero-order valence-corrected chi connectivity index (χ0v) is 11.5. The molecule has 0 aliphatic carbocycles. The first-order valence-electron chi connectivity index (χ1n) is 5.86. The van der Waals surface area contributed by atoms with E-state index >= 15 is 0 Å². The summed E-state index contributed by atoms with van der Waals surface area (Å²) in [5, 5.41) is 19.2. The fourth-order valence-electron chi connectivity index (χ4n) is 1.68. The molecule has 0 spiro atoms. The van der Waals surface area contributed by atoms with Crippen molar-refractivity contribution in [3.05, 3.63) is 63.6 Å². The number of benzene rings is 1. The number of rotatable bonds is 6. The highest BCUT2D eigenvalue weighted by molar-refractivity contribution is 7.83. The van der Waals surface area contributed by atoms with Crippen molar-refractivity contribution in [3.63, 3.8) is 0 Å². The van der Waals surface area contributed by atoms with E-state index in [1.165, 1.54) is 24.3 Å². The van der Waals surface area contributed by atoms with E-state index < -0.39 is 21.7 Å². The molecular formula is C13H11NO6S. The Hall–Kier alpha value is -2.48. The first-order valence-corrected chi connectivity index (χ1v) is 7.35. The molecule has 1 N–H and O–H groups in total. The van der Waals surface area contributed by atoms with Gasteiger partial charge in [-0.25, -0.2) is 4.79 Å². The first-order chi connectivity index (χ1) is 9.95. The zero-order chi connectivity index (χ0) is 15.4. The van der Waals surface area contributed by atoms with E-state index in [2.05, 4.69) is 0 Å². The number of hydrogen-bond acceptors (Lipinski definition) is 5. The largest absolute Gasteiger partial charge is 0.475 e. The van der Waals surface area contributed by atoms with Gasteiger partial charge < -0.3 is 9.52 Å². The van der Waals surface area contributed by atoms with Gasteiger partial charge in [0.05, 0.1) is 10.7 Å². The Kier molecular flexibility index (Phi) is 4.49. The molecule has 2 aromatic rings. The fraction of sp³-hybridized carbons (Fsp3) is 0.154. The number of carboxylic acid groups (broad SMARTS) is 1. The molecule has 0 amide bonds. The molecule has 8 heteroatoms. The van der Waals surface area contributed by atoms with Crippen molar-refractivity contribution in [2.45, 2.75) is 11.5 Å². The lowest BCUT2D eigenvalue weighted by Crippen LogP contribution is -1.99. The Balaban J connectivity index is 1.97. The van der Waals surface area contributed by atoms with Crippen molar-refractivity contribution in [3.8, 4) is 0 Å². The van der Waals surface area contributed by atoms with Gasteiger partial charge in [0, 0.05) is 28.7 Å². The van der Waals surface area contributed by atoms with Crippen LogP contribution in [0.2, 0.25) is 0 Å². The van der Waals surface area contributed by atoms with Gasteiger partial charge in [-0.2, -0.15) is 0 Å². The summed E-state index contributed by atoms with van der Waals surface area (Å²) in [6, 6.07) is 8.56. The highest BCUT2D eigenvalue weighted by Gasteiger charge is 2.12. The van der Waals surface area contributed by atoms with Crippen molar-refractivity contribution in [1.82, 2.24) is 0 Å². The van der Waals surface area contributed by atoms with Crippen LogP contribution in [0.25, 0.3) is 0 Å². The Morgan fingerprint density at radius 1 is 1.19 bits per heavy atom. The summed E-state index contributed by atoms with van der Waals surface area (Å²) in [5.74, 6) is -0.752. The van der Waals surface area contributed by atoms with Crippen molar-refractivity contribution in [2.24, 2.45) is 0 Å². The molecule has 0 saturated heterocycles. The van der Waals surface area contributed by atoms with Crippen molar-refractivity contribution in [2.75, 3.05) is 0 Å². The van der Waals surface area contributed by atoms with Crippen LogP contribution in [0.1, 0.15) is 21.9 Å². The Morgan fingerprint density at radius 2 is 1.86 bits per heavy atom. The van der Waals surface area contributed by atoms with Crippen LogP contribution >= 0.6 is 0 Å². The number of non-ortho nitro benzene ring substituents is 1. The van der Waals surface area contributed by atoms with Gasteiger partial charge in [-0.15, -0.1) is 0 Å². The Morgan fingerprint density at radius 3 is 2.38 bits per heavy atom. The number of nitro groups is 1. The van der Waals surface area contributed by atoms with E-state index in [1.54, 1.807) is 12.1 Å². The van der Waals surface area contributed by atoms with E-state index in [1.807, 2.05) is 0 Å². The molecule has 0 aliphatic rings. The van der Waals surface area contributed by atoms with Gasteiger partial charge in [0.2, 0.25) is 5.76 Å². The standard InChI is InChI=1S/C13H11NO6S/c15-13(16)12-6-5-11(20-12)8-21(19)7-9-1-3-10(4-2-9)14(17)18/h1-6H,7-8H2,(H,15,16). The van der Waals surface area contributed by atoms with Gasteiger partial charge in [0.1, 0.15) is 5.76 Å². The third-order valence-electron chi connectivity index (χ3n) is 2.65.